The van der Waals surface area contributed by atoms with E-state index >= 15 is 0 Å². The third kappa shape index (κ3) is 2.34. The van der Waals surface area contributed by atoms with E-state index in [0.29, 0.717) is 25.2 Å². The number of aromatic nitrogens is 2. The van der Waals surface area contributed by atoms with Crippen molar-refractivity contribution in [3.05, 3.63) is 24.3 Å². The molecule has 5 nitrogen and oxygen atoms in total. The minimum Gasteiger partial charge on any atom is -0.389 e. The molecule has 5 heteroatoms. The summed E-state index contributed by atoms with van der Waals surface area (Å²) < 4.78 is 0. The first-order valence-electron chi connectivity index (χ1n) is 6.97. The maximum Gasteiger partial charge on any atom is 0.274 e. The van der Waals surface area contributed by atoms with Gasteiger partial charge in [-0.25, -0.2) is 4.98 Å². The number of piperidine rings is 1. The fraction of sp³-hybridized carbons (Fsp3) is 0.643. The Morgan fingerprint density at radius 3 is 3.05 bits per heavy atom. The Morgan fingerprint density at radius 2 is 2.26 bits per heavy atom. The van der Waals surface area contributed by atoms with Gasteiger partial charge in [0.05, 0.1) is 11.8 Å². The van der Waals surface area contributed by atoms with Gasteiger partial charge in [-0.3, -0.25) is 9.78 Å². The standard InChI is InChI=1S/C14H19N3O2/c18-13(12-9-15-6-7-16-12)17-8-5-14(19)4-2-1-3-11(14)10-17/h6-7,9,11,19H,1-5,8,10H2. The molecule has 1 saturated heterocycles. The first kappa shape index (κ1) is 12.5. The summed E-state index contributed by atoms with van der Waals surface area (Å²) in [6.45, 7) is 1.26. The zero-order valence-corrected chi connectivity index (χ0v) is 11.0. The molecule has 19 heavy (non-hydrogen) atoms. The van der Waals surface area contributed by atoms with Crippen molar-refractivity contribution >= 4 is 5.91 Å². The lowest BCUT2D eigenvalue weighted by atomic mass is 9.71. The molecule has 1 aliphatic heterocycles. The van der Waals surface area contributed by atoms with E-state index in [2.05, 4.69) is 9.97 Å². The predicted molar refractivity (Wildman–Crippen MR) is 69.5 cm³/mol. The van der Waals surface area contributed by atoms with E-state index in [0.717, 1.165) is 25.7 Å². The second kappa shape index (κ2) is 4.89. The van der Waals surface area contributed by atoms with E-state index in [-0.39, 0.29) is 11.8 Å². The molecule has 1 aromatic heterocycles. The molecule has 2 fully saturated rings. The number of nitrogens with zero attached hydrogens (tertiary/aromatic N) is 3. The van der Waals surface area contributed by atoms with Gasteiger partial charge in [0.1, 0.15) is 5.69 Å². The van der Waals surface area contributed by atoms with Crippen molar-refractivity contribution in [1.29, 1.82) is 0 Å². The number of carbonyl (C=O) groups excluding carboxylic acids is 1. The Bertz CT molecular complexity index is 465. The average molecular weight is 261 g/mol. The number of amides is 1. The Balaban J connectivity index is 1.73. The van der Waals surface area contributed by atoms with Gasteiger partial charge in [0.25, 0.3) is 5.91 Å². The van der Waals surface area contributed by atoms with Crippen LogP contribution in [0, 0.1) is 5.92 Å². The van der Waals surface area contributed by atoms with Crippen LogP contribution in [0.1, 0.15) is 42.6 Å². The molecule has 1 saturated carbocycles. The molecule has 0 aromatic carbocycles. The summed E-state index contributed by atoms with van der Waals surface area (Å²) in [7, 11) is 0. The fourth-order valence-corrected chi connectivity index (χ4v) is 3.33. The molecule has 0 spiro atoms. The predicted octanol–water partition coefficient (Wildman–Crippen LogP) is 1.24. The molecule has 1 aromatic rings. The lowest BCUT2D eigenvalue weighted by molar-refractivity contribution is -0.0886. The van der Waals surface area contributed by atoms with Crippen LogP contribution in [0.4, 0.5) is 0 Å². The summed E-state index contributed by atoms with van der Waals surface area (Å²) in [6.07, 6.45) is 9.44. The van der Waals surface area contributed by atoms with Gasteiger partial charge >= 0.3 is 0 Å². The molecular weight excluding hydrogens is 242 g/mol. The third-order valence-corrected chi connectivity index (χ3v) is 4.50. The highest BCUT2D eigenvalue weighted by molar-refractivity contribution is 5.92. The largest absolute Gasteiger partial charge is 0.389 e. The van der Waals surface area contributed by atoms with E-state index in [9.17, 15) is 9.90 Å². The van der Waals surface area contributed by atoms with Crippen LogP contribution in [0.25, 0.3) is 0 Å². The van der Waals surface area contributed by atoms with Crippen molar-refractivity contribution in [2.24, 2.45) is 5.92 Å². The SMILES string of the molecule is O=C(c1cnccn1)N1CCC2(O)CCCCC2C1. The lowest BCUT2D eigenvalue weighted by Gasteiger charge is -2.47. The monoisotopic (exact) mass is 261 g/mol. The maximum absolute atomic E-state index is 12.3. The van der Waals surface area contributed by atoms with Crippen molar-refractivity contribution in [2.45, 2.75) is 37.7 Å². The summed E-state index contributed by atoms with van der Waals surface area (Å²) in [4.78, 5) is 22.1. The van der Waals surface area contributed by atoms with Crippen LogP contribution < -0.4 is 0 Å². The molecule has 0 bridgehead atoms. The van der Waals surface area contributed by atoms with E-state index < -0.39 is 5.60 Å². The second-order valence-corrected chi connectivity index (χ2v) is 5.64. The summed E-state index contributed by atoms with van der Waals surface area (Å²) in [5.41, 5.74) is -0.152. The van der Waals surface area contributed by atoms with Crippen LogP contribution in [0.15, 0.2) is 18.6 Å². The van der Waals surface area contributed by atoms with Gasteiger partial charge in [-0.2, -0.15) is 0 Å². The van der Waals surface area contributed by atoms with Crippen molar-refractivity contribution in [2.75, 3.05) is 13.1 Å². The summed E-state index contributed by atoms with van der Waals surface area (Å²) in [5, 5.41) is 10.6. The molecule has 0 radical (unpaired) electrons. The zero-order chi connectivity index (χ0) is 13.3. The van der Waals surface area contributed by atoms with Crippen molar-refractivity contribution < 1.29 is 9.90 Å². The molecule has 2 atom stereocenters. The molecule has 2 heterocycles. The number of hydrogen-bond acceptors (Lipinski definition) is 4. The second-order valence-electron chi connectivity index (χ2n) is 5.64. The molecule has 1 N–H and O–H groups in total. The number of rotatable bonds is 1. The number of aliphatic hydroxyl groups is 1. The maximum atomic E-state index is 12.3. The van der Waals surface area contributed by atoms with Gasteiger partial charge in [0.2, 0.25) is 0 Å². The third-order valence-electron chi connectivity index (χ3n) is 4.50. The molecule has 102 valence electrons. The molecular formula is C14H19N3O2. The van der Waals surface area contributed by atoms with Gasteiger partial charge in [-0.1, -0.05) is 12.8 Å². The summed E-state index contributed by atoms with van der Waals surface area (Å²) in [5.74, 6) is 0.149. The molecule has 2 unspecified atom stereocenters. The van der Waals surface area contributed by atoms with Crippen LogP contribution in [0.3, 0.4) is 0 Å². The van der Waals surface area contributed by atoms with Crippen LogP contribution in [-0.2, 0) is 0 Å². The fourth-order valence-electron chi connectivity index (χ4n) is 3.33. The molecule has 1 amide bonds. The molecule has 3 rings (SSSR count). The van der Waals surface area contributed by atoms with Gasteiger partial charge in [0.15, 0.2) is 0 Å². The minimum absolute atomic E-state index is 0.0688. The average Bonchev–Trinajstić information content (AvgIpc) is 2.46. The summed E-state index contributed by atoms with van der Waals surface area (Å²) >= 11 is 0. The smallest absolute Gasteiger partial charge is 0.274 e. The first-order valence-corrected chi connectivity index (χ1v) is 6.97. The lowest BCUT2D eigenvalue weighted by Crippen LogP contribution is -2.54. The number of carbonyl (C=O) groups is 1. The zero-order valence-electron chi connectivity index (χ0n) is 11.0. The Hall–Kier alpha value is -1.49. The highest BCUT2D eigenvalue weighted by atomic mass is 16.3. The highest BCUT2D eigenvalue weighted by Gasteiger charge is 2.43. The van der Waals surface area contributed by atoms with Gasteiger partial charge < -0.3 is 10.0 Å². The van der Waals surface area contributed by atoms with Gasteiger partial charge in [-0.05, 0) is 19.3 Å². The highest BCUT2D eigenvalue weighted by Crippen LogP contribution is 2.39. The number of hydrogen-bond donors (Lipinski definition) is 1. The van der Waals surface area contributed by atoms with Gasteiger partial charge in [-0.15, -0.1) is 0 Å². The Kier molecular flexibility index (Phi) is 3.22. The van der Waals surface area contributed by atoms with Crippen molar-refractivity contribution in [3.63, 3.8) is 0 Å². The normalized spacial score (nSPS) is 30.8. The quantitative estimate of drug-likeness (QED) is 0.826. The first-order chi connectivity index (χ1) is 9.19. The van der Waals surface area contributed by atoms with Crippen molar-refractivity contribution in [3.8, 4) is 0 Å². The van der Waals surface area contributed by atoms with E-state index in [1.165, 1.54) is 12.4 Å². The topological polar surface area (TPSA) is 66.3 Å². The molecule has 2 aliphatic rings. The Labute approximate surface area is 112 Å². The number of fused-ring (bicyclic) bond motifs is 1. The van der Waals surface area contributed by atoms with E-state index in [4.69, 9.17) is 0 Å². The minimum atomic E-state index is -0.544. The van der Waals surface area contributed by atoms with Crippen LogP contribution in [-0.4, -0.2) is 44.6 Å². The summed E-state index contributed by atoms with van der Waals surface area (Å²) in [6, 6.07) is 0. The van der Waals surface area contributed by atoms with E-state index in [1.54, 1.807) is 6.20 Å². The number of likely N-dealkylation sites (tertiary alicyclic amines) is 1. The van der Waals surface area contributed by atoms with E-state index in [1.807, 2.05) is 4.90 Å². The van der Waals surface area contributed by atoms with Crippen molar-refractivity contribution in [1.82, 2.24) is 14.9 Å². The van der Waals surface area contributed by atoms with Crippen LogP contribution in [0.2, 0.25) is 0 Å². The van der Waals surface area contributed by atoms with Gasteiger partial charge in [0, 0.05) is 31.4 Å². The molecule has 1 aliphatic carbocycles. The Morgan fingerprint density at radius 1 is 1.37 bits per heavy atom. The van der Waals surface area contributed by atoms with Crippen LogP contribution in [0.5, 0.6) is 0 Å². The van der Waals surface area contributed by atoms with Crippen LogP contribution >= 0.6 is 0 Å².